The molecule has 0 atom stereocenters. The molecule has 4 rings (SSSR count). The minimum atomic E-state index is 0.209. The van der Waals surface area contributed by atoms with Crippen LogP contribution >= 0.6 is 0 Å². The lowest BCUT2D eigenvalue weighted by atomic mass is 9.85. The summed E-state index contributed by atoms with van der Waals surface area (Å²) in [7, 11) is 0. The summed E-state index contributed by atoms with van der Waals surface area (Å²) in [6, 6.07) is 26.9. The Labute approximate surface area is 178 Å². The van der Waals surface area contributed by atoms with Crippen molar-refractivity contribution in [3.05, 3.63) is 101 Å². The van der Waals surface area contributed by atoms with Crippen molar-refractivity contribution >= 4 is 11.1 Å². The van der Waals surface area contributed by atoms with E-state index in [1.807, 2.05) is 18.2 Å². The number of phenols is 1. The predicted octanol–water partition coefficient (Wildman–Crippen LogP) is 5.20. The number of hydrogen-bond donors (Lipinski definition) is 3. The average molecular weight is 400 g/mol. The van der Waals surface area contributed by atoms with Crippen molar-refractivity contribution in [3.8, 4) is 5.75 Å². The van der Waals surface area contributed by atoms with E-state index in [4.69, 9.17) is 0 Å². The number of aliphatic hydroxyl groups is 1. The van der Waals surface area contributed by atoms with Gasteiger partial charge in [0.2, 0.25) is 0 Å². The molecule has 3 aromatic carbocycles. The van der Waals surface area contributed by atoms with Crippen LogP contribution in [0.5, 0.6) is 5.75 Å². The Kier molecular flexibility index (Phi) is 6.63. The van der Waals surface area contributed by atoms with Crippen LogP contribution in [0.15, 0.2) is 78.9 Å². The molecule has 1 saturated heterocycles. The van der Waals surface area contributed by atoms with Crippen molar-refractivity contribution in [1.82, 2.24) is 5.32 Å². The molecule has 1 aliphatic rings. The van der Waals surface area contributed by atoms with Gasteiger partial charge in [-0.05, 0) is 64.8 Å². The summed E-state index contributed by atoms with van der Waals surface area (Å²) in [5, 5.41) is 22.5. The molecule has 0 aromatic heterocycles. The molecule has 0 amide bonds. The Hall–Kier alpha value is -2.88. The largest absolute Gasteiger partial charge is 0.508 e. The standard InChI is InChI=1S/C27H29NO2/c29-17-5-4-8-26(21-6-2-1-3-7-21)27(23-13-15-25(30)16-14-23)22-11-9-20(10-12-22)24-18-28-19-24/h1-3,6-7,9-16,24,28-30H,4-5,8,17-19H2/b27-26+. The number of rotatable bonds is 8. The third-order valence-corrected chi connectivity index (χ3v) is 5.87. The van der Waals surface area contributed by atoms with Crippen molar-refractivity contribution < 1.29 is 10.2 Å². The Morgan fingerprint density at radius 2 is 1.40 bits per heavy atom. The molecule has 0 bridgehead atoms. The molecule has 3 N–H and O–H groups in total. The molecule has 3 heteroatoms. The predicted molar refractivity (Wildman–Crippen MR) is 123 cm³/mol. The smallest absolute Gasteiger partial charge is 0.115 e. The third-order valence-electron chi connectivity index (χ3n) is 5.87. The van der Waals surface area contributed by atoms with Crippen molar-refractivity contribution in [2.24, 2.45) is 0 Å². The van der Waals surface area contributed by atoms with Crippen LogP contribution in [0.4, 0.5) is 0 Å². The van der Waals surface area contributed by atoms with Crippen molar-refractivity contribution in [2.45, 2.75) is 25.2 Å². The summed E-state index contributed by atoms with van der Waals surface area (Å²) in [5.41, 5.74) is 7.31. The first-order valence-corrected chi connectivity index (χ1v) is 10.8. The quantitative estimate of drug-likeness (QED) is 0.360. The molecule has 0 unspecified atom stereocenters. The number of unbranched alkanes of at least 4 members (excludes halogenated alkanes) is 1. The minimum Gasteiger partial charge on any atom is -0.508 e. The lowest BCUT2D eigenvalue weighted by molar-refractivity contribution is 0.285. The fraction of sp³-hybridized carbons (Fsp3) is 0.259. The summed E-state index contributed by atoms with van der Waals surface area (Å²) < 4.78 is 0. The molecule has 154 valence electrons. The molecular formula is C27H29NO2. The Balaban J connectivity index is 1.83. The molecule has 30 heavy (non-hydrogen) atoms. The van der Waals surface area contributed by atoms with Crippen molar-refractivity contribution in [2.75, 3.05) is 19.7 Å². The van der Waals surface area contributed by atoms with Gasteiger partial charge in [-0.2, -0.15) is 0 Å². The molecule has 0 spiro atoms. The number of allylic oxidation sites excluding steroid dienone is 1. The van der Waals surface area contributed by atoms with Gasteiger partial charge in [-0.1, -0.05) is 66.7 Å². The van der Waals surface area contributed by atoms with E-state index in [2.05, 4.69) is 53.8 Å². The maximum atomic E-state index is 9.82. The van der Waals surface area contributed by atoms with E-state index in [0.717, 1.165) is 37.9 Å². The van der Waals surface area contributed by atoms with E-state index >= 15 is 0 Å². The van der Waals surface area contributed by atoms with Gasteiger partial charge in [0.15, 0.2) is 0 Å². The number of phenolic OH excluding ortho intramolecular Hbond substituents is 1. The molecule has 1 aliphatic heterocycles. The molecule has 3 nitrogen and oxygen atoms in total. The summed E-state index contributed by atoms with van der Waals surface area (Å²) in [6.07, 6.45) is 2.59. The first kappa shape index (κ1) is 20.4. The Morgan fingerprint density at radius 1 is 0.767 bits per heavy atom. The highest BCUT2D eigenvalue weighted by molar-refractivity contribution is 5.98. The Bertz CT molecular complexity index is 972. The normalized spacial score (nSPS) is 14.8. The zero-order chi connectivity index (χ0) is 20.8. The summed E-state index contributed by atoms with van der Waals surface area (Å²) >= 11 is 0. The fourth-order valence-corrected chi connectivity index (χ4v) is 4.06. The van der Waals surface area contributed by atoms with Crippen LogP contribution in [-0.2, 0) is 0 Å². The maximum Gasteiger partial charge on any atom is 0.115 e. The zero-order valence-corrected chi connectivity index (χ0v) is 17.2. The van der Waals surface area contributed by atoms with Crippen LogP contribution in [0.2, 0.25) is 0 Å². The highest BCUT2D eigenvalue weighted by atomic mass is 16.3. The van der Waals surface area contributed by atoms with Gasteiger partial charge in [-0.3, -0.25) is 0 Å². The van der Waals surface area contributed by atoms with Gasteiger partial charge < -0.3 is 15.5 Å². The van der Waals surface area contributed by atoms with Gasteiger partial charge in [-0.15, -0.1) is 0 Å². The molecule has 0 saturated carbocycles. The number of nitrogens with one attached hydrogen (secondary N) is 1. The van der Waals surface area contributed by atoms with Crippen molar-refractivity contribution in [3.63, 3.8) is 0 Å². The average Bonchev–Trinajstić information content (AvgIpc) is 2.75. The topological polar surface area (TPSA) is 52.5 Å². The van der Waals surface area contributed by atoms with Crippen molar-refractivity contribution in [1.29, 1.82) is 0 Å². The second-order valence-electron chi connectivity index (χ2n) is 7.92. The molecule has 1 fully saturated rings. The minimum absolute atomic E-state index is 0.209. The number of aromatic hydroxyl groups is 1. The van der Waals surface area contributed by atoms with Gasteiger partial charge in [0.25, 0.3) is 0 Å². The highest BCUT2D eigenvalue weighted by Gasteiger charge is 2.19. The zero-order valence-electron chi connectivity index (χ0n) is 17.2. The van der Waals surface area contributed by atoms with E-state index in [1.165, 1.54) is 27.8 Å². The molecule has 0 aliphatic carbocycles. The number of hydrogen-bond acceptors (Lipinski definition) is 3. The second kappa shape index (κ2) is 9.75. The summed E-state index contributed by atoms with van der Waals surface area (Å²) in [6.45, 7) is 2.31. The third kappa shape index (κ3) is 4.64. The van der Waals surface area contributed by atoms with E-state index in [1.54, 1.807) is 12.1 Å². The lowest BCUT2D eigenvalue weighted by Crippen LogP contribution is -2.39. The van der Waals surface area contributed by atoms with Crippen LogP contribution in [0, 0.1) is 0 Å². The molecule has 0 radical (unpaired) electrons. The van der Waals surface area contributed by atoms with E-state index in [-0.39, 0.29) is 12.4 Å². The van der Waals surface area contributed by atoms with E-state index in [0.29, 0.717) is 5.92 Å². The molecule has 3 aromatic rings. The first-order chi connectivity index (χ1) is 14.8. The number of benzene rings is 3. The van der Waals surface area contributed by atoms with Gasteiger partial charge in [0, 0.05) is 25.6 Å². The fourth-order valence-electron chi connectivity index (χ4n) is 4.06. The monoisotopic (exact) mass is 399 g/mol. The molecular weight excluding hydrogens is 370 g/mol. The van der Waals surface area contributed by atoms with E-state index in [9.17, 15) is 10.2 Å². The Morgan fingerprint density at radius 3 is 1.97 bits per heavy atom. The maximum absolute atomic E-state index is 9.82. The number of aliphatic hydroxyl groups excluding tert-OH is 1. The van der Waals surface area contributed by atoms with Gasteiger partial charge in [0.05, 0.1) is 0 Å². The van der Waals surface area contributed by atoms with Gasteiger partial charge in [-0.25, -0.2) is 0 Å². The van der Waals surface area contributed by atoms with Crippen LogP contribution in [0.1, 0.15) is 47.4 Å². The van der Waals surface area contributed by atoms with Gasteiger partial charge >= 0.3 is 0 Å². The highest BCUT2D eigenvalue weighted by Crippen LogP contribution is 2.36. The lowest BCUT2D eigenvalue weighted by Gasteiger charge is -2.27. The van der Waals surface area contributed by atoms with Crippen LogP contribution in [0.25, 0.3) is 11.1 Å². The first-order valence-electron chi connectivity index (χ1n) is 10.8. The SMILES string of the molecule is OCCCC/C(=C(\c1ccc(O)cc1)c1ccc(C2CNC2)cc1)c1ccccc1. The molecule has 1 heterocycles. The van der Waals surface area contributed by atoms with Crippen LogP contribution < -0.4 is 5.32 Å². The van der Waals surface area contributed by atoms with Gasteiger partial charge in [0.1, 0.15) is 5.75 Å². The van der Waals surface area contributed by atoms with Crippen LogP contribution in [0.3, 0.4) is 0 Å². The second-order valence-corrected chi connectivity index (χ2v) is 7.92. The van der Waals surface area contributed by atoms with Crippen LogP contribution in [-0.4, -0.2) is 29.9 Å². The summed E-state index contributed by atoms with van der Waals surface area (Å²) in [5.74, 6) is 0.880. The summed E-state index contributed by atoms with van der Waals surface area (Å²) in [4.78, 5) is 0. The van der Waals surface area contributed by atoms with E-state index < -0.39 is 0 Å².